The quantitative estimate of drug-likeness (QED) is 0.577. The number of aromatic amines is 1. The number of aromatic nitrogens is 4. The topological polar surface area (TPSA) is 106 Å². The van der Waals surface area contributed by atoms with Crippen molar-refractivity contribution in [1.29, 1.82) is 0 Å². The fourth-order valence-electron chi connectivity index (χ4n) is 1.63. The Morgan fingerprint density at radius 1 is 1.06 bits per heavy atom. The predicted molar refractivity (Wildman–Crippen MR) is 65.9 cm³/mol. The smallest absolute Gasteiger partial charge is 0.180 e. The molecule has 0 saturated heterocycles. The Labute approximate surface area is 96.7 Å². The summed E-state index contributed by atoms with van der Waals surface area (Å²) < 4.78 is 0. The van der Waals surface area contributed by atoms with Gasteiger partial charge in [0, 0.05) is 6.20 Å². The second kappa shape index (κ2) is 3.44. The Kier molecular flexibility index (Phi) is 1.94. The highest BCUT2D eigenvalue weighted by atomic mass is 15.0. The highest BCUT2D eigenvalue weighted by molar-refractivity contribution is 5.79. The Hall–Kier alpha value is -2.63. The number of nitrogens with two attached hydrogens (primary N) is 2. The number of hydrogen-bond donors (Lipinski definition) is 3. The highest BCUT2D eigenvalue weighted by Gasteiger charge is 2.09. The number of nitrogens with one attached hydrogen (secondary N) is 1. The lowest BCUT2D eigenvalue weighted by Crippen LogP contribution is -1.93. The number of rotatable bonds is 1. The van der Waals surface area contributed by atoms with Gasteiger partial charge in [-0.3, -0.25) is 4.98 Å². The fraction of sp³-hybridized carbons (Fsp3) is 0. The van der Waals surface area contributed by atoms with Crippen molar-refractivity contribution in [2.75, 3.05) is 11.5 Å². The van der Waals surface area contributed by atoms with Gasteiger partial charge in [0.15, 0.2) is 11.5 Å². The zero-order chi connectivity index (χ0) is 11.8. The first-order chi connectivity index (χ1) is 8.24. The number of H-pyrrole nitrogens is 1. The van der Waals surface area contributed by atoms with Crippen molar-refractivity contribution in [3.8, 4) is 11.5 Å². The third-order valence-corrected chi connectivity index (χ3v) is 2.43. The molecule has 0 aromatic carbocycles. The average molecular weight is 226 g/mol. The standard InChI is InChI=1S/C11H10N6/c12-6-2-1-5-14-9(6)11-15-7-3-4-8(13)16-10(7)17-11/h1-5H,12H2,(H3,13,15,16,17). The Morgan fingerprint density at radius 3 is 2.76 bits per heavy atom. The third-order valence-electron chi connectivity index (χ3n) is 2.43. The summed E-state index contributed by atoms with van der Waals surface area (Å²) >= 11 is 0. The molecule has 3 aromatic heterocycles. The van der Waals surface area contributed by atoms with Crippen LogP contribution in [0.15, 0.2) is 30.5 Å². The average Bonchev–Trinajstić information content (AvgIpc) is 2.72. The van der Waals surface area contributed by atoms with Gasteiger partial charge in [0.25, 0.3) is 0 Å². The molecule has 0 unspecified atom stereocenters. The van der Waals surface area contributed by atoms with Gasteiger partial charge in [-0.25, -0.2) is 9.97 Å². The van der Waals surface area contributed by atoms with E-state index in [4.69, 9.17) is 11.5 Å². The van der Waals surface area contributed by atoms with E-state index in [0.717, 1.165) is 5.52 Å². The molecule has 0 amide bonds. The van der Waals surface area contributed by atoms with Crippen LogP contribution in [0.1, 0.15) is 0 Å². The van der Waals surface area contributed by atoms with Crippen molar-refractivity contribution in [2.45, 2.75) is 0 Å². The SMILES string of the molecule is Nc1ccc2[nH]c(-c3ncccc3N)nc2n1. The van der Waals surface area contributed by atoms with Gasteiger partial charge < -0.3 is 16.5 Å². The molecule has 0 saturated carbocycles. The normalized spacial score (nSPS) is 10.8. The minimum Gasteiger partial charge on any atom is -0.397 e. The minimum atomic E-state index is 0.435. The highest BCUT2D eigenvalue weighted by Crippen LogP contribution is 2.22. The Bertz CT molecular complexity index is 687. The minimum absolute atomic E-state index is 0.435. The van der Waals surface area contributed by atoms with E-state index in [1.165, 1.54) is 0 Å². The number of nitrogens with zero attached hydrogens (tertiary/aromatic N) is 3. The summed E-state index contributed by atoms with van der Waals surface area (Å²) in [4.78, 5) is 15.7. The molecule has 6 nitrogen and oxygen atoms in total. The van der Waals surface area contributed by atoms with Crippen LogP contribution in [0.5, 0.6) is 0 Å². The van der Waals surface area contributed by atoms with Crippen LogP contribution in [0.2, 0.25) is 0 Å². The van der Waals surface area contributed by atoms with Gasteiger partial charge in [0.1, 0.15) is 11.5 Å². The van der Waals surface area contributed by atoms with Gasteiger partial charge in [-0.1, -0.05) is 0 Å². The largest absolute Gasteiger partial charge is 0.397 e. The molecular weight excluding hydrogens is 216 g/mol. The van der Waals surface area contributed by atoms with E-state index in [9.17, 15) is 0 Å². The van der Waals surface area contributed by atoms with Crippen LogP contribution in [0, 0.1) is 0 Å². The Morgan fingerprint density at radius 2 is 1.94 bits per heavy atom. The first-order valence-corrected chi connectivity index (χ1v) is 5.07. The van der Waals surface area contributed by atoms with E-state index < -0.39 is 0 Å². The van der Waals surface area contributed by atoms with Gasteiger partial charge in [0.05, 0.1) is 11.2 Å². The van der Waals surface area contributed by atoms with E-state index >= 15 is 0 Å². The molecule has 3 aromatic rings. The van der Waals surface area contributed by atoms with Crippen LogP contribution in [0.4, 0.5) is 11.5 Å². The molecule has 0 aliphatic carbocycles. The number of anilines is 2. The van der Waals surface area contributed by atoms with E-state index in [1.807, 2.05) is 6.07 Å². The van der Waals surface area contributed by atoms with Crippen molar-refractivity contribution in [3.63, 3.8) is 0 Å². The molecule has 84 valence electrons. The lowest BCUT2D eigenvalue weighted by molar-refractivity contribution is 1.23. The van der Waals surface area contributed by atoms with E-state index in [0.29, 0.717) is 28.7 Å². The molecule has 5 N–H and O–H groups in total. The molecule has 0 bridgehead atoms. The molecule has 3 heterocycles. The molecule has 0 radical (unpaired) electrons. The van der Waals surface area contributed by atoms with Crippen LogP contribution in [-0.4, -0.2) is 19.9 Å². The fourth-order valence-corrected chi connectivity index (χ4v) is 1.63. The lowest BCUT2D eigenvalue weighted by Gasteiger charge is -1.98. The molecule has 17 heavy (non-hydrogen) atoms. The summed E-state index contributed by atoms with van der Waals surface area (Å²) in [6, 6.07) is 7.09. The van der Waals surface area contributed by atoms with Crippen molar-refractivity contribution in [3.05, 3.63) is 30.5 Å². The maximum Gasteiger partial charge on any atom is 0.180 e. The van der Waals surface area contributed by atoms with Gasteiger partial charge in [0.2, 0.25) is 0 Å². The Balaban J connectivity index is 2.22. The number of imidazole rings is 1. The monoisotopic (exact) mass is 226 g/mol. The summed E-state index contributed by atoms with van der Waals surface area (Å²) in [6.45, 7) is 0. The number of hydrogen-bond acceptors (Lipinski definition) is 5. The molecular formula is C11H10N6. The maximum absolute atomic E-state index is 5.84. The van der Waals surface area contributed by atoms with Crippen LogP contribution in [-0.2, 0) is 0 Å². The summed E-state index contributed by atoms with van der Waals surface area (Å²) in [5.74, 6) is 1.03. The molecule has 0 aliphatic heterocycles. The zero-order valence-corrected chi connectivity index (χ0v) is 8.88. The molecule has 0 aliphatic rings. The van der Waals surface area contributed by atoms with Gasteiger partial charge in [-0.2, -0.15) is 0 Å². The van der Waals surface area contributed by atoms with Crippen molar-refractivity contribution >= 4 is 22.7 Å². The van der Waals surface area contributed by atoms with Crippen molar-refractivity contribution in [1.82, 2.24) is 19.9 Å². The van der Waals surface area contributed by atoms with E-state index in [1.54, 1.807) is 24.4 Å². The third kappa shape index (κ3) is 1.55. The second-order valence-corrected chi connectivity index (χ2v) is 3.63. The first-order valence-electron chi connectivity index (χ1n) is 5.07. The van der Waals surface area contributed by atoms with Crippen LogP contribution in [0.3, 0.4) is 0 Å². The zero-order valence-electron chi connectivity index (χ0n) is 8.88. The van der Waals surface area contributed by atoms with Crippen LogP contribution < -0.4 is 11.5 Å². The summed E-state index contributed by atoms with van der Waals surface area (Å²) in [6.07, 6.45) is 1.67. The second-order valence-electron chi connectivity index (χ2n) is 3.63. The molecule has 3 rings (SSSR count). The summed E-state index contributed by atoms with van der Waals surface area (Å²) in [5, 5.41) is 0. The van der Waals surface area contributed by atoms with Gasteiger partial charge in [-0.15, -0.1) is 0 Å². The predicted octanol–water partition coefficient (Wildman–Crippen LogP) is 1.18. The maximum atomic E-state index is 5.84. The number of nitrogen functional groups attached to an aromatic ring is 2. The molecule has 0 spiro atoms. The molecule has 6 heteroatoms. The summed E-state index contributed by atoms with van der Waals surface area (Å²) in [5.41, 5.74) is 14.0. The van der Waals surface area contributed by atoms with Gasteiger partial charge in [-0.05, 0) is 24.3 Å². The number of fused-ring (bicyclic) bond motifs is 1. The molecule has 0 fully saturated rings. The van der Waals surface area contributed by atoms with E-state index in [2.05, 4.69) is 19.9 Å². The van der Waals surface area contributed by atoms with E-state index in [-0.39, 0.29) is 0 Å². The van der Waals surface area contributed by atoms with Crippen LogP contribution in [0.25, 0.3) is 22.7 Å². The van der Waals surface area contributed by atoms with Crippen LogP contribution >= 0.6 is 0 Å². The van der Waals surface area contributed by atoms with Crippen molar-refractivity contribution in [2.24, 2.45) is 0 Å². The molecule has 0 atom stereocenters. The van der Waals surface area contributed by atoms with Crippen molar-refractivity contribution < 1.29 is 0 Å². The first kappa shape index (κ1) is 9.59. The summed E-state index contributed by atoms with van der Waals surface area (Å²) in [7, 11) is 0. The lowest BCUT2D eigenvalue weighted by atomic mass is 10.3. The number of pyridine rings is 2. The van der Waals surface area contributed by atoms with Gasteiger partial charge >= 0.3 is 0 Å².